The standard InChI is InChI=1S/C21H15ClFNO3/c1-2-13-14-9-19(27-20(14)15(22)10-16(13)23)18-8-7-17(24-18)11-3-5-12(6-4-11)21(25)26/h3-10,24H,2H2,1H3,(H,25,26). The fourth-order valence-corrected chi connectivity index (χ4v) is 3.41. The van der Waals surface area contributed by atoms with Crippen LogP contribution in [0, 0.1) is 5.82 Å². The van der Waals surface area contributed by atoms with E-state index in [1.54, 1.807) is 30.3 Å². The maximum absolute atomic E-state index is 14.1. The van der Waals surface area contributed by atoms with E-state index in [1.165, 1.54) is 6.07 Å². The quantitative estimate of drug-likeness (QED) is 0.444. The van der Waals surface area contributed by atoms with E-state index in [-0.39, 0.29) is 16.4 Å². The monoisotopic (exact) mass is 383 g/mol. The van der Waals surface area contributed by atoms with Crippen LogP contribution in [-0.2, 0) is 6.42 Å². The van der Waals surface area contributed by atoms with E-state index in [1.807, 2.05) is 19.1 Å². The molecule has 0 fully saturated rings. The molecule has 0 aliphatic carbocycles. The van der Waals surface area contributed by atoms with Crippen molar-refractivity contribution in [2.75, 3.05) is 0 Å². The molecule has 0 saturated carbocycles. The molecule has 0 aliphatic rings. The topological polar surface area (TPSA) is 66.2 Å². The Morgan fingerprint density at radius 3 is 2.52 bits per heavy atom. The van der Waals surface area contributed by atoms with E-state index >= 15 is 0 Å². The Morgan fingerprint density at radius 1 is 1.15 bits per heavy atom. The van der Waals surface area contributed by atoms with E-state index in [4.69, 9.17) is 21.1 Å². The van der Waals surface area contributed by atoms with Crippen LogP contribution in [0.3, 0.4) is 0 Å². The van der Waals surface area contributed by atoms with Gasteiger partial charge in [-0.2, -0.15) is 0 Å². The Morgan fingerprint density at radius 2 is 1.85 bits per heavy atom. The molecule has 2 N–H and O–H groups in total. The van der Waals surface area contributed by atoms with E-state index in [2.05, 4.69) is 4.98 Å². The van der Waals surface area contributed by atoms with Crippen molar-refractivity contribution in [2.45, 2.75) is 13.3 Å². The summed E-state index contributed by atoms with van der Waals surface area (Å²) in [5.41, 5.74) is 3.65. The number of aromatic amines is 1. The number of aryl methyl sites for hydroxylation is 1. The summed E-state index contributed by atoms with van der Waals surface area (Å²) in [7, 11) is 0. The Hall–Kier alpha value is -3.05. The summed E-state index contributed by atoms with van der Waals surface area (Å²) in [6.45, 7) is 1.88. The molecule has 0 radical (unpaired) electrons. The number of benzene rings is 2. The van der Waals surface area contributed by atoms with Crippen molar-refractivity contribution >= 4 is 28.5 Å². The third kappa shape index (κ3) is 3.00. The summed E-state index contributed by atoms with van der Waals surface area (Å²) < 4.78 is 20.0. The van der Waals surface area contributed by atoms with Gasteiger partial charge < -0.3 is 14.5 Å². The van der Waals surface area contributed by atoms with Crippen molar-refractivity contribution in [3.63, 3.8) is 0 Å². The first kappa shape index (κ1) is 17.4. The summed E-state index contributed by atoms with van der Waals surface area (Å²) in [6.07, 6.45) is 0.532. The molecule has 6 heteroatoms. The van der Waals surface area contributed by atoms with Crippen LogP contribution in [0.1, 0.15) is 22.8 Å². The number of hydrogen-bond donors (Lipinski definition) is 2. The molecule has 0 spiro atoms. The molecule has 0 atom stereocenters. The average molecular weight is 384 g/mol. The fraction of sp³-hybridized carbons (Fsp3) is 0.0952. The van der Waals surface area contributed by atoms with Gasteiger partial charge in [0.25, 0.3) is 0 Å². The molecule has 0 bridgehead atoms. The summed E-state index contributed by atoms with van der Waals surface area (Å²) >= 11 is 6.14. The number of H-pyrrole nitrogens is 1. The van der Waals surface area contributed by atoms with Gasteiger partial charge in [0.2, 0.25) is 0 Å². The first-order chi connectivity index (χ1) is 13.0. The van der Waals surface area contributed by atoms with Gasteiger partial charge in [-0.1, -0.05) is 30.7 Å². The van der Waals surface area contributed by atoms with Crippen molar-refractivity contribution in [2.24, 2.45) is 0 Å². The number of rotatable bonds is 4. The van der Waals surface area contributed by atoms with Gasteiger partial charge in [0, 0.05) is 11.1 Å². The van der Waals surface area contributed by atoms with Gasteiger partial charge in [-0.05, 0) is 53.9 Å². The van der Waals surface area contributed by atoms with Crippen LogP contribution in [0.2, 0.25) is 5.02 Å². The van der Waals surface area contributed by atoms with E-state index in [0.717, 1.165) is 17.0 Å². The maximum atomic E-state index is 14.1. The predicted molar refractivity (Wildman–Crippen MR) is 103 cm³/mol. The summed E-state index contributed by atoms with van der Waals surface area (Å²) in [5, 5.41) is 9.90. The van der Waals surface area contributed by atoms with Gasteiger partial charge in [-0.3, -0.25) is 0 Å². The minimum absolute atomic E-state index is 0.228. The van der Waals surface area contributed by atoms with Crippen LogP contribution in [0.25, 0.3) is 33.7 Å². The smallest absolute Gasteiger partial charge is 0.335 e. The Labute approximate surface area is 159 Å². The number of carboxylic acids is 1. The lowest BCUT2D eigenvalue weighted by atomic mass is 10.1. The molecule has 0 amide bonds. The van der Waals surface area contributed by atoms with E-state index < -0.39 is 5.97 Å². The lowest BCUT2D eigenvalue weighted by molar-refractivity contribution is 0.0697. The number of carboxylic acid groups (broad SMARTS) is 1. The van der Waals surface area contributed by atoms with Crippen LogP contribution < -0.4 is 0 Å². The minimum Gasteiger partial charge on any atom is -0.478 e. The number of aromatic carboxylic acids is 1. The van der Waals surface area contributed by atoms with Gasteiger partial charge in [-0.25, -0.2) is 9.18 Å². The number of nitrogens with one attached hydrogen (secondary N) is 1. The number of halogens is 2. The molecule has 0 saturated heterocycles. The molecule has 4 rings (SSSR count). The number of furan rings is 1. The lowest BCUT2D eigenvalue weighted by Crippen LogP contribution is -1.94. The molecule has 2 heterocycles. The highest BCUT2D eigenvalue weighted by atomic mass is 35.5. The van der Waals surface area contributed by atoms with Crippen LogP contribution in [-0.4, -0.2) is 16.1 Å². The van der Waals surface area contributed by atoms with Crippen molar-refractivity contribution in [1.82, 2.24) is 4.98 Å². The van der Waals surface area contributed by atoms with Gasteiger partial charge in [0.05, 0.1) is 16.3 Å². The highest BCUT2D eigenvalue weighted by molar-refractivity contribution is 6.35. The first-order valence-corrected chi connectivity index (χ1v) is 8.79. The van der Waals surface area contributed by atoms with Crippen molar-refractivity contribution in [1.29, 1.82) is 0 Å². The molecule has 4 aromatic rings. The maximum Gasteiger partial charge on any atom is 0.335 e. The highest BCUT2D eigenvalue weighted by Crippen LogP contribution is 2.36. The zero-order valence-corrected chi connectivity index (χ0v) is 15.1. The van der Waals surface area contributed by atoms with E-state index in [9.17, 15) is 9.18 Å². The summed E-state index contributed by atoms with van der Waals surface area (Å²) in [4.78, 5) is 14.2. The van der Waals surface area contributed by atoms with Gasteiger partial charge >= 0.3 is 5.97 Å². The summed E-state index contributed by atoms with van der Waals surface area (Å²) in [6, 6.07) is 13.4. The highest BCUT2D eigenvalue weighted by Gasteiger charge is 2.17. The molecule has 2 aromatic carbocycles. The van der Waals surface area contributed by atoms with Gasteiger partial charge in [0.1, 0.15) is 5.82 Å². The fourth-order valence-electron chi connectivity index (χ4n) is 3.18. The first-order valence-electron chi connectivity index (χ1n) is 8.41. The molecular weight excluding hydrogens is 369 g/mol. The Balaban J connectivity index is 1.75. The second-order valence-corrected chi connectivity index (χ2v) is 6.60. The molecule has 4 nitrogen and oxygen atoms in total. The van der Waals surface area contributed by atoms with Crippen molar-refractivity contribution in [3.8, 4) is 22.7 Å². The number of hydrogen-bond acceptors (Lipinski definition) is 2. The van der Waals surface area contributed by atoms with Crippen LogP contribution in [0.4, 0.5) is 4.39 Å². The molecule has 0 aliphatic heterocycles. The third-order valence-corrected chi connectivity index (χ3v) is 4.84. The largest absolute Gasteiger partial charge is 0.478 e. The zero-order chi connectivity index (χ0) is 19.1. The predicted octanol–water partition coefficient (Wildman–Crippen LogP) is 6.15. The van der Waals surface area contributed by atoms with Crippen LogP contribution in [0.15, 0.2) is 52.9 Å². The third-order valence-electron chi connectivity index (χ3n) is 4.56. The molecule has 2 aromatic heterocycles. The Kier molecular flexibility index (Phi) is 4.24. The second kappa shape index (κ2) is 6.59. The van der Waals surface area contributed by atoms with Crippen molar-refractivity contribution < 1.29 is 18.7 Å². The van der Waals surface area contributed by atoms with Crippen molar-refractivity contribution in [3.05, 3.63) is 70.5 Å². The molecular formula is C21H15ClFNO3. The average Bonchev–Trinajstić information content (AvgIpc) is 3.29. The minimum atomic E-state index is -0.966. The van der Waals surface area contributed by atoms with Crippen LogP contribution >= 0.6 is 11.6 Å². The second-order valence-electron chi connectivity index (χ2n) is 6.19. The Bertz CT molecular complexity index is 1160. The SMILES string of the molecule is CCc1c(F)cc(Cl)c2oc(-c3ccc(-c4ccc(C(=O)O)cc4)[nH]3)cc12. The lowest BCUT2D eigenvalue weighted by Gasteiger charge is -2.01. The van der Waals surface area contributed by atoms with Crippen LogP contribution in [0.5, 0.6) is 0 Å². The molecule has 136 valence electrons. The van der Waals surface area contributed by atoms with Gasteiger partial charge in [-0.15, -0.1) is 0 Å². The van der Waals surface area contributed by atoms with Gasteiger partial charge in [0.15, 0.2) is 11.3 Å². The zero-order valence-electron chi connectivity index (χ0n) is 14.3. The number of fused-ring (bicyclic) bond motifs is 1. The van der Waals surface area contributed by atoms with E-state index in [0.29, 0.717) is 28.7 Å². The number of aromatic nitrogens is 1. The molecule has 27 heavy (non-hydrogen) atoms. The number of carbonyl (C=O) groups is 1. The normalized spacial score (nSPS) is 11.2. The molecule has 0 unspecified atom stereocenters. The summed E-state index contributed by atoms with van der Waals surface area (Å²) in [5.74, 6) is -0.750.